The fourth-order valence-corrected chi connectivity index (χ4v) is 3.91. The summed E-state index contributed by atoms with van der Waals surface area (Å²) in [6.07, 6.45) is 3.29. The van der Waals surface area contributed by atoms with Gasteiger partial charge in [0.05, 0.1) is 0 Å². The van der Waals surface area contributed by atoms with Gasteiger partial charge in [-0.25, -0.2) is 14.2 Å². The normalized spacial score (nSPS) is 18.5. The van der Waals surface area contributed by atoms with Crippen molar-refractivity contribution in [2.75, 3.05) is 32.1 Å². The number of halogens is 2. The molecule has 1 aromatic carbocycles. The summed E-state index contributed by atoms with van der Waals surface area (Å²) in [7, 11) is 1.65. The number of ether oxygens (including phenoxy) is 1. The first-order valence-corrected chi connectivity index (χ1v) is 10.1. The summed E-state index contributed by atoms with van der Waals surface area (Å²) in [4.78, 5) is 18.5. The number of rotatable bonds is 5. The molecular weight excluding hydrogens is 403 g/mol. The molecule has 6 nitrogen and oxygen atoms in total. The van der Waals surface area contributed by atoms with Gasteiger partial charge in [0.15, 0.2) is 0 Å². The highest BCUT2D eigenvalue weighted by molar-refractivity contribution is 7.09. The van der Waals surface area contributed by atoms with Gasteiger partial charge in [-0.1, -0.05) is 29.3 Å². The molecule has 1 aromatic heterocycles. The van der Waals surface area contributed by atoms with Crippen LogP contribution in [0.1, 0.15) is 24.2 Å². The van der Waals surface area contributed by atoms with Crippen LogP contribution in [0.3, 0.4) is 0 Å². The van der Waals surface area contributed by atoms with Gasteiger partial charge in [0.25, 0.3) is 0 Å². The average Bonchev–Trinajstić information content (AvgIpc) is 3.07. The Labute approximate surface area is 172 Å². The molecule has 150 valence electrons. The minimum atomic E-state index is -0.350. The van der Waals surface area contributed by atoms with Crippen LogP contribution in [-0.4, -0.2) is 47.1 Å². The third-order valence-electron chi connectivity index (χ3n) is 4.64. The van der Waals surface area contributed by atoms with Crippen molar-refractivity contribution in [3.8, 4) is 0 Å². The molecule has 1 atom stereocenters. The van der Waals surface area contributed by atoms with Gasteiger partial charge >= 0.3 is 6.03 Å². The Balaban J connectivity index is 1.73. The maximum absolute atomic E-state index is 14.2. The van der Waals surface area contributed by atoms with E-state index in [0.29, 0.717) is 47.7 Å². The van der Waals surface area contributed by atoms with E-state index in [9.17, 15) is 9.18 Å². The number of methoxy groups -OCH3 is 1. The highest BCUT2D eigenvalue weighted by atomic mass is 35.5. The van der Waals surface area contributed by atoms with E-state index in [2.05, 4.69) is 14.7 Å². The highest BCUT2D eigenvalue weighted by Gasteiger charge is 2.27. The summed E-state index contributed by atoms with van der Waals surface area (Å²) in [5.74, 6) is 0.370. The van der Waals surface area contributed by atoms with Crippen molar-refractivity contribution < 1.29 is 13.9 Å². The van der Waals surface area contributed by atoms with E-state index in [4.69, 9.17) is 16.3 Å². The van der Waals surface area contributed by atoms with Gasteiger partial charge in [0.2, 0.25) is 5.13 Å². The van der Waals surface area contributed by atoms with Gasteiger partial charge in [0.1, 0.15) is 11.6 Å². The molecule has 0 spiro atoms. The number of hydrogen-bond donors (Lipinski definition) is 1. The SMILES string of the molecule is COCCC1CN(C(=O)Nc2nc(C)ns2)CC/C1=C/c1ccc(Cl)cc1F. The number of likely N-dealkylation sites (tertiary alicyclic amines) is 1. The number of carbonyl (C=O) groups excluding carboxylic acids is 1. The van der Waals surface area contributed by atoms with Crippen molar-refractivity contribution in [3.63, 3.8) is 0 Å². The number of anilines is 1. The maximum atomic E-state index is 14.2. The fraction of sp³-hybridized carbons (Fsp3) is 0.421. The number of amides is 2. The standard InChI is InChI=1S/C19H22ClFN4O2S/c1-12-22-18(28-24-12)23-19(26)25-7-5-13(15(11-25)6-8-27-2)9-14-3-4-16(20)10-17(14)21/h3-4,9-10,15H,5-8,11H2,1-2H3,(H,22,23,24,26)/b13-9-. The molecule has 1 saturated heterocycles. The molecule has 9 heteroatoms. The Kier molecular flexibility index (Phi) is 6.98. The summed E-state index contributed by atoms with van der Waals surface area (Å²) >= 11 is 7.00. The van der Waals surface area contributed by atoms with Gasteiger partial charge in [-0.15, -0.1) is 0 Å². The lowest BCUT2D eigenvalue weighted by molar-refractivity contribution is 0.158. The topological polar surface area (TPSA) is 67.3 Å². The molecule has 2 heterocycles. The van der Waals surface area contributed by atoms with Gasteiger partial charge in [-0.3, -0.25) is 5.32 Å². The van der Waals surface area contributed by atoms with Gasteiger partial charge < -0.3 is 9.64 Å². The molecule has 0 radical (unpaired) electrons. The van der Waals surface area contributed by atoms with Crippen LogP contribution in [0.25, 0.3) is 6.08 Å². The second-order valence-corrected chi connectivity index (χ2v) is 7.82. The molecule has 1 N–H and O–H groups in total. The van der Waals surface area contributed by atoms with Gasteiger partial charge in [-0.05, 0) is 31.9 Å². The zero-order chi connectivity index (χ0) is 20.1. The van der Waals surface area contributed by atoms with E-state index in [0.717, 1.165) is 23.5 Å². The predicted octanol–water partition coefficient (Wildman–Crippen LogP) is 4.61. The number of aromatic nitrogens is 2. The zero-order valence-corrected chi connectivity index (χ0v) is 17.3. The number of benzene rings is 1. The first kappa shape index (κ1) is 20.7. The minimum Gasteiger partial charge on any atom is -0.385 e. The van der Waals surface area contributed by atoms with Crippen molar-refractivity contribution >= 4 is 40.4 Å². The third kappa shape index (κ3) is 5.27. The Bertz CT molecular complexity index is 873. The largest absolute Gasteiger partial charge is 0.385 e. The molecule has 0 aliphatic carbocycles. The highest BCUT2D eigenvalue weighted by Crippen LogP contribution is 2.29. The lowest BCUT2D eigenvalue weighted by Gasteiger charge is -2.34. The lowest BCUT2D eigenvalue weighted by Crippen LogP contribution is -2.43. The van der Waals surface area contributed by atoms with E-state index < -0.39 is 0 Å². The second kappa shape index (κ2) is 9.45. The quantitative estimate of drug-likeness (QED) is 0.760. The number of hydrogen-bond acceptors (Lipinski definition) is 5. The third-order valence-corrected chi connectivity index (χ3v) is 5.59. The van der Waals surface area contributed by atoms with Crippen LogP contribution in [0.15, 0.2) is 23.8 Å². The van der Waals surface area contributed by atoms with Crippen LogP contribution < -0.4 is 5.32 Å². The van der Waals surface area contributed by atoms with Crippen molar-refractivity contribution in [1.82, 2.24) is 14.3 Å². The molecule has 2 amide bonds. The average molecular weight is 425 g/mol. The van der Waals surface area contributed by atoms with E-state index in [1.807, 2.05) is 6.08 Å². The first-order chi connectivity index (χ1) is 13.5. The molecule has 1 fully saturated rings. The Morgan fingerprint density at radius 1 is 1.54 bits per heavy atom. The second-order valence-electron chi connectivity index (χ2n) is 6.64. The molecule has 1 unspecified atom stereocenters. The zero-order valence-electron chi connectivity index (χ0n) is 15.7. The summed E-state index contributed by atoms with van der Waals surface area (Å²) < 4.78 is 23.5. The Morgan fingerprint density at radius 3 is 3.04 bits per heavy atom. The van der Waals surface area contributed by atoms with E-state index in [1.54, 1.807) is 31.1 Å². The van der Waals surface area contributed by atoms with Crippen LogP contribution in [0.4, 0.5) is 14.3 Å². The Hall–Kier alpha value is -2.03. The number of urea groups is 1. The van der Waals surface area contributed by atoms with Crippen molar-refractivity contribution in [2.45, 2.75) is 19.8 Å². The van der Waals surface area contributed by atoms with Crippen LogP contribution in [0, 0.1) is 18.7 Å². The first-order valence-electron chi connectivity index (χ1n) is 8.97. The van der Waals surface area contributed by atoms with E-state index >= 15 is 0 Å². The minimum absolute atomic E-state index is 0.0886. The molecule has 28 heavy (non-hydrogen) atoms. The van der Waals surface area contributed by atoms with E-state index in [1.165, 1.54) is 6.07 Å². The maximum Gasteiger partial charge on any atom is 0.323 e. The lowest BCUT2D eigenvalue weighted by atomic mass is 9.88. The molecule has 1 aliphatic heterocycles. The van der Waals surface area contributed by atoms with Crippen molar-refractivity contribution in [1.29, 1.82) is 0 Å². The van der Waals surface area contributed by atoms with Gasteiger partial charge in [0, 0.05) is 54.8 Å². The van der Waals surface area contributed by atoms with Crippen LogP contribution in [0.2, 0.25) is 5.02 Å². The molecule has 2 aromatic rings. The van der Waals surface area contributed by atoms with Crippen LogP contribution in [0.5, 0.6) is 0 Å². The van der Waals surface area contributed by atoms with Crippen molar-refractivity contribution in [3.05, 3.63) is 46.0 Å². The smallest absolute Gasteiger partial charge is 0.323 e. The summed E-state index contributed by atoms with van der Waals surface area (Å²) in [5, 5.41) is 3.65. The van der Waals surface area contributed by atoms with Crippen LogP contribution in [-0.2, 0) is 4.74 Å². The number of aryl methyl sites for hydroxylation is 1. The number of nitrogens with zero attached hydrogens (tertiary/aromatic N) is 3. The number of piperidine rings is 1. The Morgan fingerprint density at radius 2 is 2.36 bits per heavy atom. The molecule has 0 saturated carbocycles. The van der Waals surface area contributed by atoms with Crippen molar-refractivity contribution in [2.24, 2.45) is 5.92 Å². The number of nitrogens with one attached hydrogen (secondary N) is 1. The number of carbonyl (C=O) groups is 1. The molecular formula is C19H22ClFN4O2S. The van der Waals surface area contributed by atoms with Crippen LogP contribution >= 0.6 is 23.1 Å². The monoisotopic (exact) mass is 424 g/mol. The predicted molar refractivity (Wildman–Crippen MR) is 109 cm³/mol. The van der Waals surface area contributed by atoms with Gasteiger partial charge in [-0.2, -0.15) is 4.37 Å². The summed E-state index contributed by atoms with van der Waals surface area (Å²) in [6, 6.07) is 4.46. The van der Waals surface area contributed by atoms with E-state index in [-0.39, 0.29) is 17.8 Å². The molecule has 3 rings (SSSR count). The molecule has 1 aliphatic rings. The summed E-state index contributed by atoms with van der Waals surface area (Å²) in [5.41, 5.74) is 1.61. The molecule has 0 bridgehead atoms. The fourth-order valence-electron chi connectivity index (χ4n) is 3.19. The summed E-state index contributed by atoms with van der Waals surface area (Å²) in [6.45, 7) is 3.43.